The van der Waals surface area contributed by atoms with E-state index in [-0.39, 0.29) is 0 Å². The smallest absolute Gasteiger partial charge is 0.313 e. The zero-order chi connectivity index (χ0) is 5.91. The molecule has 0 rings (SSSR count). The van der Waals surface area contributed by atoms with Gasteiger partial charge in [-0.2, -0.15) is 0 Å². The van der Waals surface area contributed by atoms with Crippen molar-refractivity contribution in [2.45, 2.75) is 0 Å². The predicted molar refractivity (Wildman–Crippen MR) is 32.3 cm³/mol. The fraction of sp³-hybridized carbons (Fsp3) is 1.00. The molecular weight excluding hydrogens is 135 g/mol. The number of hydrogen-bond donors (Lipinski definition) is 1. The van der Waals surface area contributed by atoms with Gasteiger partial charge in [0, 0.05) is 7.11 Å². The van der Waals surface area contributed by atoms with Crippen LogP contribution < -0.4 is 5.50 Å². The molecule has 1 unspecified atom stereocenters. The lowest BCUT2D eigenvalue weighted by atomic mass is 12.0. The molecule has 0 heterocycles. The number of rotatable bonds is 2. The van der Waals surface area contributed by atoms with Gasteiger partial charge < -0.3 is 4.52 Å². The molecule has 0 saturated carbocycles. The van der Waals surface area contributed by atoms with Crippen LogP contribution in [-0.2, 0) is 9.09 Å². The maximum atomic E-state index is 10.5. The van der Waals surface area contributed by atoms with E-state index in [1.54, 1.807) is 6.26 Å². The molecule has 5 heteroatoms. The average molecular weight is 143 g/mol. The molecule has 7 heavy (non-hydrogen) atoms. The molecule has 44 valence electrons. The molecule has 0 amide bonds. The number of hydrogen-bond acceptors (Lipinski definition) is 3. The molecule has 0 saturated heterocycles. The minimum atomic E-state index is -2.74. The van der Waals surface area contributed by atoms with Crippen molar-refractivity contribution in [2.24, 2.45) is 5.50 Å². The summed E-state index contributed by atoms with van der Waals surface area (Å²) in [6.07, 6.45) is 1.64. The lowest BCUT2D eigenvalue weighted by molar-refractivity contribution is 0.410. The fourth-order valence-corrected chi connectivity index (χ4v) is 0.671. The zero-order valence-corrected chi connectivity index (χ0v) is 5.96. The Hall–Kier alpha value is 0.500. The molecule has 2 N–H and O–H groups in total. The summed E-state index contributed by atoms with van der Waals surface area (Å²) >= 11 is 1.04. The third kappa shape index (κ3) is 3.12. The van der Waals surface area contributed by atoms with Crippen molar-refractivity contribution in [3.8, 4) is 0 Å². The van der Waals surface area contributed by atoms with Crippen LogP contribution in [0.3, 0.4) is 0 Å². The Morgan fingerprint density at radius 2 is 2.43 bits per heavy atom. The summed E-state index contributed by atoms with van der Waals surface area (Å²) in [5.74, 6) is 0. The largest absolute Gasteiger partial charge is 0.323 e. The van der Waals surface area contributed by atoms with E-state index >= 15 is 0 Å². The van der Waals surface area contributed by atoms with Crippen LogP contribution in [-0.4, -0.2) is 13.4 Å². The van der Waals surface area contributed by atoms with Crippen molar-refractivity contribution in [3.63, 3.8) is 0 Å². The summed E-state index contributed by atoms with van der Waals surface area (Å²) in [6, 6.07) is 0. The highest BCUT2D eigenvalue weighted by molar-refractivity contribution is 8.55. The van der Waals surface area contributed by atoms with Crippen molar-refractivity contribution in [1.29, 1.82) is 0 Å². The normalized spacial score (nSPS) is 18.7. The monoisotopic (exact) mass is 143 g/mol. The summed E-state index contributed by atoms with van der Waals surface area (Å²) in [4.78, 5) is 0. The Bertz CT molecular complexity index is 87.7. The van der Waals surface area contributed by atoms with E-state index in [1.807, 2.05) is 0 Å². The second-order valence-corrected chi connectivity index (χ2v) is 5.34. The van der Waals surface area contributed by atoms with Crippen LogP contribution in [0.1, 0.15) is 0 Å². The summed E-state index contributed by atoms with van der Waals surface area (Å²) in [5, 5.41) is 0. The van der Waals surface area contributed by atoms with Crippen LogP contribution >= 0.6 is 18.1 Å². The maximum Gasteiger partial charge on any atom is 0.323 e. The molecule has 0 aromatic carbocycles. The highest BCUT2D eigenvalue weighted by Gasteiger charge is 2.09. The average Bonchev–Trinajstić information content (AvgIpc) is 1.68. The second-order valence-electron chi connectivity index (χ2n) is 0.905. The SMILES string of the molecule is CSP(N)(=O)O[14CH3]. The van der Waals surface area contributed by atoms with E-state index in [9.17, 15) is 4.57 Å². The van der Waals surface area contributed by atoms with E-state index in [4.69, 9.17) is 5.50 Å². The Morgan fingerprint density at radius 3 is 2.43 bits per heavy atom. The Balaban J connectivity index is 3.61. The van der Waals surface area contributed by atoms with Gasteiger partial charge in [-0.1, -0.05) is 11.4 Å². The van der Waals surface area contributed by atoms with Gasteiger partial charge in [0.1, 0.15) is 0 Å². The predicted octanol–water partition coefficient (Wildman–Crippen LogP) is 1.06. The molecule has 0 aliphatic carbocycles. The first kappa shape index (κ1) is 7.50. The topological polar surface area (TPSA) is 52.3 Å². The van der Waals surface area contributed by atoms with Crippen molar-refractivity contribution in [3.05, 3.63) is 0 Å². The quantitative estimate of drug-likeness (QED) is 0.587. The van der Waals surface area contributed by atoms with Gasteiger partial charge in [-0.25, -0.2) is 0 Å². The van der Waals surface area contributed by atoms with Crippen molar-refractivity contribution in [2.75, 3.05) is 13.4 Å². The van der Waals surface area contributed by atoms with Crippen LogP contribution in [0.5, 0.6) is 0 Å². The number of nitrogens with two attached hydrogens (primary N) is 1. The van der Waals surface area contributed by atoms with Gasteiger partial charge in [0.15, 0.2) is 0 Å². The van der Waals surface area contributed by atoms with Gasteiger partial charge in [0.25, 0.3) is 0 Å². The molecule has 1 atom stereocenters. The van der Waals surface area contributed by atoms with E-state index in [0.717, 1.165) is 11.4 Å². The van der Waals surface area contributed by atoms with E-state index in [1.165, 1.54) is 7.11 Å². The first-order chi connectivity index (χ1) is 3.12. The summed E-state index contributed by atoms with van der Waals surface area (Å²) < 4.78 is 14.9. The molecule has 0 radical (unpaired) electrons. The lowest BCUT2D eigenvalue weighted by Crippen LogP contribution is -1.89. The second kappa shape index (κ2) is 2.72. The molecule has 0 aromatic rings. The zero-order valence-electron chi connectivity index (χ0n) is 4.25. The molecule has 0 spiro atoms. The molecular formula is C2H8NO2PS. The molecule has 0 aliphatic heterocycles. The first-order valence-electron chi connectivity index (χ1n) is 1.62. The Kier molecular flexibility index (Phi) is 2.92. The van der Waals surface area contributed by atoms with Gasteiger partial charge in [0.05, 0.1) is 0 Å². The van der Waals surface area contributed by atoms with Crippen molar-refractivity contribution >= 4 is 18.1 Å². The van der Waals surface area contributed by atoms with Gasteiger partial charge in [0.2, 0.25) is 0 Å². The summed E-state index contributed by atoms with van der Waals surface area (Å²) in [6.45, 7) is -2.74. The Morgan fingerprint density at radius 1 is 2.00 bits per heavy atom. The van der Waals surface area contributed by atoms with Gasteiger partial charge in [-0.05, 0) is 6.26 Å². The fourth-order valence-electron chi connectivity index (χ4n) is 0.0745. The molecule has 0 bridgehead atoms. The highest BCUT2D eigenvalue weighted by Crippen LogP contribution is 2.48. The molecule has 0 fully saturated rings. The first-order valence-corrected chi connectivity index (χ1v) is 5.15. The van der Waals surface area contributed by atoms with Crippen molar-refractivity contribution < 1.29 is 9.09 Å². The maximum absolute atomic E-state index is 10.5. The van der Waals surface area contributed by atoms with Crippen LogP contribution in [0.2, 0.25) is 0 Å². The van der Waals surface area contributed by atoms with E-state index in [0.29, 0.717) is 0 Å². The molecule has 0 aliphatic rings. The van der Waals surface area contributed by atoms with Crippen LogP contribution in [0.15, 0.2) is 0 Å². The third-order valence-electron chi connectivity index (χ3n) is 0.509. The van der Waals surface area contributed by atoms with Crippen LogP contribution in [0.4, 0.5) is 0 Å². The third-order valence-corrected chi connectivity index (χ3v) is 3.50. The van der Waals surface area contributed by atoms with Gasteiger partial charge >= 0.3 is 6.72 Å². The van der Waals surface area contributed by atoms with Crippen LogP contribution in [0.25, 0.3) is 0 Å². The van der Waals surface area contributed by atoms with E-state index in [2.05, 4.69) is 4.52 Å². The summed E-state index contributed by atoms with van der Waals surface area (Å²) in [7, 11) is 1.33. The minimum absolute atomic E-state index is 1.04. The minimum Gasteiger partial charge on any atom is -0.313 e. The Labute approximate surface area is 46.9 Å². The standard InChI is InChI=1S/C2H8NO2PS/c1-5-6(3,4)7-2/h1-2H3,(H2,3,4)/i1+2. The van der Waals surface area contributed by atoms with Crippen molar-refractivity contribution in [1.82, 2.24) is 0 Å². The highest BCUT2D eigenvalue weighted by atomic mass is 32.7. The summed E-state index contributed by atoms with van der Waals surface area (Å²) in [5.41, 5.74) is 5.01. The van der Waals surface area contributed by atoms with Gasteiger partial charge in [-0.3, -0.25) is 10.1 Å². The van der Waals surface area contributed by atoms with Gasteiger partial charge in [-0.15, -0.1) is 0 Å². The van der Waals surface area contributed by atoms with E-state index < -0.39 is 6.72 Å². The van der Waals surface area contributed by atoms with Crippen LogP contribution in [0, 0.1) is 0 Å². The molecule has 3 nitrogen and oxygen atoms in total. The molecule has 0 aromatic heterocycles. The lowest BCUT2D eigenvalue weighted by Gasteiger charge is -2.02.